The number of nitrogens with zero attached hydrogens (tertiary/aromatic N) is 3. The lowest BCUT2D eigenvalue weighted by Gasteiger charge is -2.22. The normalized spacial score (nSPS) is 11.9. The molecule has 2 N–H and O–H groups in total. The molecule has 1 atom stereocenters. The molecule has 0 saturated carbocycles. The highest BCUT2D eigenvalue weighted by Crippen LogP contribution is 2.26. The van der Waals surface area contributed by atoms with Gasteiger partial charge in [0.15, 0.2) is 11.0 Å². The third-order valence-electron chi connectivity index (χ3n) is 5.07. The molecule has 0 aliphatic heterocycles. The van der Waals surface area contributed by atoms with Crippen LogP contribution in [0.1, 0.15) is 48.6 Å². The molecule has 7 nitrogen and oxygen atoms in total. The summed E-state index contributed by atoms with van der Waals surface area (Å²) in [6.45, 7) is 8.70. The number of carbonyl (C=O) groups excluding carboxylic acids is 2. The molecule has 1 aromatic heterocycles. The van der Waals surface area contributed by atoms with Crippen LogP contribution in [0.5, 0.6) is 0 Å². The van der Waals surface area contributed by atoms with E-state index in [2.05, 4.69) is 43.4 Å². The van der Waals surface area contributed by atoms with Gasteiger partial charge in [-0.15, -0.1) is 10.2 Å². The Balaban J connectivity index is 1.70. The molecule has 2 amide bonds. The van der Waals surface area contributed by atoms with Crippen molar-refractivity contribution in [2.45, 2.75) is 45.4 Å². The molecule has 1 heterocycles. The number of aromatic nitrogens is 3. The number of carbonyl (C=O) groups is 2. The molecular formula is C24H28IN5O2S. The Morgan fingerprint density at radius 2 is 1.73 bits per heavy atom. The molecule has 0 fully saturated rings. The fourth-order valence-electron chi connectivity index (χ4n) is 3.25. The molecule has 0 spiro atoms. The van der Waals surface area contributed by atoms with Gasteiger partial charge in [0, 0.05) is 21.4 Å². The highest BCUT2D eigenvalue weighted by Gasteiger charge is 2.26. The number of rotatable bonds is 9. The van der Waals surface area contributed by atoms with Crippen molar-refractivity contribution in [3.63, 3.8) is 0 Å². The number of aryl methyl sites for hydroxylation is 1. The highest BCUT2D eigenvalue weighted by atomic mass is 127. The van der Waals surface area contributed by atoms with E-state index in [1.807, 2.05) is 80.8 Å². The van der Waals surface area contributed by atoms with Gasteiger partial charge in [-0.2, -0.15) is 0 Å². The monoisotopic (exact) mass is 577 g/mol. The van der Waals surface area contributed by atoms with Crippen LogP contribution in [0.2, 0.25) is 0 Å². The third-order valence-corrected chi connectivity index (χ3v) is 6.75. The molecule has 2 aromatic carbocycles. The number of hydrogen-bond donors (Lipinski definition) is 2. The van der Waals surface area contributed by atoms with Crippen LogP contribution >= 0.6 is 34.4 Å². The molecule has 0 saturated heterocycles. The molecule has 0 aliphatic rings. The topological polar surface area (TPSA) is 88.9 Å². The van der Waals surface area contributed by atoms with Crippen LogP contribution in [0, 0.1) is 16.4 Å². The Morgan fingerprint density at radius 3 is 2.33 bits per heavy atom. The second kappa shape index (κ2) is 11.6. The number of anilines is 1. The van der Waals surface area contributed by atoms with Gasteiger partial charge in [-0.3, -0.25) is 9.59 Å². The Kier molecular flexibility index (Phi) is 8.90. The molecule has 3 rings (SSSR count). The number of benzene rings is 2. The van der Waals surface area contributed by atoms with Crippen molar-refractivity contribution in [3.8, 4) is 0 Å². The van der Waals surface area contributed by atoms with Gasteiger partial charge in [-0.25, -0.2) is 0 Å². The zero-order valence-electron chi connectivity index (χ0n) is 19.1. The van der Waals surface area contributed by atoms with E-state index in [-0.39, 0.29) is 29.5 Å². The van der Waals surface area contributed by atoms with Crippen molar-refractivity contribution in [2.75, 3.05) is 11.1 Å². The van der Waals surface area contributed by atoms with E-state index in [1.54, 1.807) is 0 Å². The maximum absolute atomic E-state index is 12.8. The van der Waals surface area contributed by atoms with Gasteiger partial charge in [0.1, 0.15) is 0 Å². The van der Waals surface area contributed by atoms with Gasteiger partial charge in [-0.1, -0.05) is 43.3 Å². The molecule has 0 aliphatic carbocycles. The summed E-state index contributed by atoms with van der Waals surface area (Å²) in [5.74, 6) is 0.753. The van der Waals surface area contributed by atoms with Crippen LogP contribution in [0.25, 0.3) is 0 Å². The fraction of sp³-hybridized carbons (Fsp3) is 0.333. The average Bonchev–Trinajstić information content (AvgIpc) is 3.20. The molecule has 0 bridgehead atoms. The summed E-state index contributed by atoms with van der Waals surface area (Å²) < 4.78 is 3.07. The molecular weight excluding hydrogens is 549 g/mol. The summed E-state index contributed by atoms with van der Waals surface area (Å²) in [4.78, 5) is 25.2. The van der Waals surface area contributed by atoms with Crippen molar-refractivity contribution in [3.05, 3.63) is 69.1 Å². The number of halogens is 1. The maximum Gasteiger partial charge on any atom is 0.251 e. The van der Waals surface area contributed by atoms with Crippen LogP contribution in [0.4, 0.5) is 5.69 Å². The Bertz CT molecular complexity index is 1100. The van der Waals surface area contributed by atoms with Gasteiger partial charge >= 0.3 is 0 Å². The van der Waals surface area contributed by atoms with Crippen LogP contribution in [-0.4, -0.2) is 32.3 Å². The molecule has 3 aromatic rings. The number of hydrogen-bond acceptors (Lipinski definition) is 5. The zero-order valence-corrected chi connectivity index (χ0v) is 22.1. The third kappa shape index (κ3) is 6.80. The molecule has 9 heteroatoms. The zero-order chi connectivity index (χ0) is 24.0. The van der Waals surface area contributed by atoms with E-state index in [9.17, 15) is 9.59 Å². The first-order chi connectivity index (χ1) is 15.8. The van der Waals surface area contributed by atoms with Crippen LogP contribution < -0.4 is 10.6 Å². The lowest BCUT2D eigenvalue weighted by molar-refractivity contribution is -0.113. The van der Waals surface area contributed by atoms with E-state index in [0.29, 0.717) is 23.1 Å². The summed E-state index contributed by atoms with van der Waals surface area (Å²) in [6, 6.07) is 14.8. The molecule has 0 unspecified atom stereocenters. The minimum atomic E-state index is -0.304. The molecule has 0 radical (unpaired) electrons. The number of amides is 2. The second-order valence-electron chi connectivity index (χ2n) is 7.99. The minimum absolute atomic E-state index is 0.107. The summed E-state index contributed by atoms with van der Waals surface area (Å²) in [5.41, 5.74) is 2.47. The first-order valence-corrected chi connectivity index (χ1v) is 12.8. The highest BCUT2D eigenvalue weighted by molar-refractivity contribution is 14.1. The van der Waals surface area contributed by atoms with Crippen molar-refractivity contribution in [1.82, 2.24) is 20.1 Å². The Labute approximate surface area is 212 Å². The number of thioether (sulfide) groups is 1. The van der Waals surface area contributed by atoms with Crippen molar-refractivity contribution in [1.29, 1.82) is 0 Å². The summed E-state index contributed by atoms with van der Waals surface area (Å²) in [6.07, 6.45) is 0. The largest absolute Gasteiger partial charge is 0.342 e. The van der Waals surface area contributed by atoms with Crippen LogP contribution in [-0.2, 0) is 11.3 Å². The van der Waals surface area contributed by atoms with Crippen molar-refractivity contribution >= 4 is 51.9 Å². The smallest absolute Gasteiger partial charge is 0.251 e. The summed E-state index contributed by atoms with van der Waals surface area (Å²) >= 11 is 3.56. The average molecular weight is 577 g/mol. The first kappa shape index (κ1) is 25.2. The maximum atomic E-state index is 12.8. The second-order valence-corrected chi connectivity index (χ2v) is 10.2. The lowest BCUT2D eigenvalue weighted by atomic mass is 10.0. The quantitative estimate of drug-likeness (QED) is 0.274. The van der Waals surface area contributed by atoms with Gasteiger partial charge in [-0.05, 0) is 78.8 Å². The number of nitrogens with one attached hydrogen (secondary N) is 2. The minimum Gasteiger partial charge on any atom is -0.342 e. The molecule has 174 valence electrons. The SMILES string of the molecule is CCn1c(SCC(=O)Nc2ccc(I)cc2)nnc1[C@H](NC(=O)c1ccc(C)cc1)C(C)C. The Hall–Kier alpha value is -2.40. The lowest BCUT2D eigenvalue weighted by Crippen LogP contribution is -2.33. The van der Waals surface area contributed by atoms with E-state index in [0.717, 1.165) is 14.8 Å². The van der Waals surface area contributed by atoms with Crippen molar-refractivity contribution < 1.29 is 9.59 Å². The fourth-order valence-corrected chi connectivity index (χ4v) is 4.42. The first-order valence-electron chi connectivity index (χ1n) is 10.8. The van der Waals surface area contributed by atoms with Gasteiger partial charge < -0.3 is 15.2 Å². The van der Waals surface area contributed by atoms with Gasteiger partial charge in [0.05, 0.1) is 11.8 Å². The summed E-state index contributed by atoms with van der Waals surface area (Å²) in [5, 5.41) is 15.4. The van der Waals surface area contributed by atoms with E-state index in [1.165, 1.54) is 11.8 Å². The van der Waals surface area contributed by atoms with Gasteiger partial charge in [0.2, 0.25) is 5.91 Å². The van der Waals surface area contributed by atoms with E-state index in [4.69, 9.17) is 0 Å². The summed E-state index contributed by atoms with van der Waals surface area (Å²) in [7, 11) is 0. The van der Waals surface area contributed by atoms with E-state index < -0.39 is 0 Å². The van der Waals surface area contributed by atoms with Crippen LogP contribution in [0.3, 0.4) is 0 Å². The standard InChI is InChI=1S/C24H28IN5O2S/c1-5-30-22(21(15(2)3)27-23(32)17-8-6-16(4)7-9-17)28-29-24(30)33-14-20(31)26-19-12-10-18(25)11-13-19/h6-13,15,21H,5,14H2,1-4H3,(H,26,31)(H,27,32)/t21-/m1/s1. The van der Waals surface area contributed by atoms with Crippen LogP contribution in [0.15, 0.2) is 53.7 Å². The van der Waals surface area contributed by atoms with E-state index >= 15 is 0 Å². The molecule has 33 heavy (non-hydrogen) atoms. The predicted octanol–water partition coefficient (Wildman–Crippen LogP) is 5.07. The van der Waals surface area contributed by atoms with Crippen molar-refractivity contribution in [2.24, 2.45) is 5.92 Å². The predicted molar refractivity (Wildman–Crippen MR) is 140 cm³/mol. The Morgan fingerprint density at radius 1 is 1.06 bits per heavy atom. The van der Waals surface area contributed by atoms with Gasteiger partial charge in [0.25, 0.3) is 5.91 Å².